The summed E-state index contributed by atoms with van der Waals surface area (Å²) in [6.45, 7) is 1.00. The predicted octanol–water partition coefficient (Wildman–Crippen LogP) is 4.23. The number of halogens is 1. The topological polar surface area (TPSA) is 47.6 Å². The van der Waals surface area contributed by atoms with Gasteiger partial charge >= 0.3 is 0 Å². The number of thioether (sulfide) groups is 1. The van der Waals surface area contributed by atoms with E-state index < -0.39 is 0 Å². The van der Waals surface area contributed by atoms with Gasteiger partial charge in [-0.15, -0.1) is 11.8 Å². The van der Waals surface area contributed by atoms with Crippen molar-refractivity contribution < 1.29 is 14.3 Å². The van der Waals surface area contributed by atoms with E-state index in [-0.39, 0.29) is 5.91 Å². The van der Waals surface area contributed by atoms with Crippen molar-refractivity contribution in [3.8, 4) is 11.5 Å². The highest BCUT2D eigenvalue weighted by atomic mass is 35.5. The highest BCUT2D eigenvalue weighted by Gasteiger charge is 2.16. The number of nitrogens with one attached hydrogen (secondary N) is 1. The zero-order valence-electron chi connectivity index (χ0n) is 12.4. The second-order valence-corrected chi connectivity index (χ2v) is 6.51. The van der Waals surface area contributed by atoms with E-state index in [2.05, 4.69) is 5.32 Å². The van der Waals surface area contributed by atoms with Gasteiger partial charge in [-0.3, -0.25) is 4.79 Å². The number of fused-ring (bicyclic) bond motifs is 1. The second-order valence-electron chi connectivity index (χ2n) is 4.94. The molecule has 0 saturated carbocycles. The van der Waals surface area contributed by atoms with Gasteiger partial charge in [-0.25, -0.2) is 0 Å². The van der Waals surface area contributed by atoms with Crippen LogP contribution in [-0.4, -0.2) is 24.9 Å². The number of benzene rings is 2. The lowest BCUT2D eigenvalue weighted by Crippen LogP contribution is -2.17. The van der Waals surface area contributed by atoms with Gasteiger partial charge in [0.15, 0.2) is 11.5 Å². The molecule has 120 valence electrons. The SMILES string of the molecule is O=C(CCSc1ccccc1)Nc1cc2c(cc1Cl)OCCO2. The van der Waals surface area contributed by atoms with Crippen LogP contribution in [0.25, 0.3) is 0 Å². The van der Waals surface area contributed by atoms with E-state index in [1.807, 2.05) is 30.3 Å². The van der Waals surface area contributed by atoms with Crippen LogP contribution in [-0.2, 0) is 4.79 Å². The summed E-state index contributed by atoms with van der Waals surface area (Å²) < 4.78 is 11.0. The van der Waals surface area contributed by atoms with Crippen LogP contribution in [0.1, 0.15) is 6.42 Å². The first kappa shape index (κ1) is 16.0. The monoisotopic (exact) mass is 349 g/mol. The van der Waals surface area contributed by atoms with Crippen LogP contribution in [0.4, 0.5) is 5.69 Å². The summed E-state index contributed by atoms with van der Waals surface area (Å²) in [7, 11) is 0. The lowest BCUT2D eigenvalue weighted by Gasteiger charge is -2.20. The molecule has 0 unspecified atom stereocenters. The fraction of sp³-hybridized carbons (Fsp3) is 0.235. The molecule has 2 aromatic carbocycles. The predicted molar refractivity (Wildman–Crippen MR) is 92.9 cm³/mol. The number of carbonyl (C=O) groups is 1. The average Bonchev–Trinajstić information content (AvgIpc) is 2.56. The number of ether oxygens (including phenoxy) is 2. The minimum Gasteiger partial charge on any atom is -0.486 e. The molecular formula is C17H16ClNO3S. The standard InChI is InChI=1S/C17H16ClNO3S/c18-13-10-15-16(22-8-7-21-15)11-14(13)19-17(20)6-9-23-12-4-2-1-3-5-12/h1-5,10-11H,6-9H2,(H,19,20). The zero-order chi connectivity index (χ0) is 16.1. The molecule has 1 N–H and O–H groups in total. The van der Waals surface area contributed by atoms with Crippen LogP contribution >= 0.6 is 23.4 Å². The van der Waals surface area contributed by atoms with E-state index in [1.54, 1.807) is 23.9 Å². The van der Waals surface area contributed by atoms with E-state index in [0.29, 0.717) is 47.6 Å². The normalized spacial score (nSPS) is 12.7. The van der Waals surface area contributed by atoms with Crippen molar-refractivity contribution in [2.45, 2.75) is 11.3 Å². The van der Waals surface area contributed by atoms with Gasteiger partial charge in [0.05, 0.1) is 10.7 Å². The van der Waals surface area contributed by atoms with Gasteiger partial charge in [0.1, 0.15) is 13.2 Å². The zero-order valence-corrected chi connectivity index (χ0v) is 14.0. The van der Waals surface area contributed by atoms with Crippen molar-refractivity contribution in [2.24, 2.45) is 0 Å². The highest BCUT2D eigenvalue weighted by molar-refractivity contribution is 7.99. The van der Waals surface area contributed by atoms with Gasteiger partial charge < -0.3 is 14.8 Å². The molecular weight excluding hydrogens is 334 g/mol. The molecule has 0 fully saturated rings. The molecule has 0 atom stereocenters. The summed E-state index contributed by atoms with van der Waals surface area (Å²) in [6, 6.07) is 13.4. The fourth-order valence-corrected chi connectivity index (χ4v) is 3.22. The van der Waals surface area contributed by atoms with Crippen molar-refractivity contribution in [3.63, 3.8) is 0 Å². The largest absolute Gasteiger partial charge is 0.486 e. The van der Waals surface area contributed by atoms with Crippen LogP contribution in [0.2, 0.25) is 5.02 Å². The smallest absolute Gasteiger partial charge is 0.225 e. The highest BCUT2D eigenvalue weighted by Crippen LogP contribution is 2.38. The van der Waals surface area contributed by atoms with E-state index in [9.17, 15) is 4.79 Å². The molecule has 6 heteroatoms. The first-order chi connectivity index (χ1) is 11.2. The Morgan fingerprint density at radius 1 is 1.13 bits per heavy atom. The maximum atomic E-state index is 12.1. The number of rotatable bonds is 5. The molecule has 1 heterocycles. The summed E-state index contributed by atoms with van der Waals surface area (Å²) in [6.07, 6.45) is 0.407. The summed E-state index contributed by atoms with van der Waals surface area (Å²) in [5.41, 5.74) is 0.547. The Balaban J connectivity index is 1.55. The molecule has 23 heavy (non-hydrogen) atoms. The Morgan fingerprint density at radius 3 is 2.57 bits per heavy atom. The molecule has 0 aromatic heterocycles. The minimum absolute atomic E-state index is 0.0768. The van der Waals surface area contributed by atoms with Crippen molar-refractivity contribution in [2.75, 3.05) is 24.3 Å². The van der Waals surface area contributed by atoms with Crippen molar-refractivity contribution in [1.82, 2.24) is 0 Å². The van der Waals surface area contributed by atoms with Crippen molar-refractivity contribution in [3.05, 3.63) is 47.5 Å². The maximum Gasteiger partial charge on any atom is 0.225 e. The molecule has 2 aromatic rings. The first-order valence-electron chi connectivity index (χ1n) is 7.29. The van der Waals surface area contributed by atoms with Gasteiger partial charge in [-0.05, 0) is 12.1 Å². The molecule has 0 bridgehead atoms. The number of hydrogen-bond acceptors (Lipinski definition) is 4. The van der Waals surface area contributed by atoms with Crippen LogP contribution in [0.15, 0.2) is 47.4 Å². The molecule has 3 rings (SSSR count). The number of anilines is 1. The van der Waals surface area contributed by atoms with E-state index >= 15 is 0 Å². The van der Waals surface area contributed by atoms with Gasteiger partial charge in [0.2, 0.25) is 5.91 Å². The molecule has 0 saturated heterocycles. The van der Waals surface area contributed by atoms with Crippen molar-refractivity contribution in [1.29, 1.82) is 0 Å². The second kappa shape index (κ2) is 7.62. The van der Waals surface area contributed by atoms with Crippen LogP contribution < -0.4 is 14.8 Å². The first-order valence-corrected chi connectivity index (χ1v) is 8.65. The number of amides is 1. The van der Waals surface area contributed by atoms with Gasteiger partial charge in [-0.2, -0.15) is 0 Å². The maximum absolute atomic E-state index is 12.1. The van der Waals surface area contributed by atoms with Gasteiger partial charge in [0.25, 0.3) is 0 Å². The summed E-state index contributed by atoms with van der Waals surface area (Å²) in [5, 5.41) is 3.27. The van der Waals surface area contributed by atoms with Gasteiger partial charge in [0, 0.05) is 29.2 Å². The Labute approximate surface area is 144 Å². The Morgan fingerprint density at radius 2 is 1.83 bits per heavy atom. The third-order valence-corrected chi connectivity index (χ3v) is 4.57. The lowest BCUT2D eigenvalue weighted by molar-refractivity contribution is -0.115. The number of hydrogen-bond donors (Lipinski definition) is 1. The molecule has 1 amide bonds. The quantitative estimate of drug-likeness (QED) is 0.820. The molecule has 1 aliphatic heterocycles. The minimum atomic E-state index is -0.0768. The van der Waals surface area contributed by atoms with E-state index in [4.69, 9.17) is 21.1 Å². The van der Waals surface area contributed by atoms with Crippen LogP contribution in [0, 0.1) is 0 Å². The van der Waals surface area contributed by atoms with Gasteiger partial charge in [-0.1, -0.05) is 29.8 Å². The Bertz CT molecular complexity index is 694. The molecule has 1 aliphatic rings. The molecule has 0 spiro atoms. The van der Waals surface area contributed by atoms with Crippen molar-refractivity contribution >= 4 is 35.0 Å². The Hall–Kier alpha value is -1.85. The average molecular weight is 350 g/mol. The third kappa shape index (κ3) is 4.33. The third-order valence-electron chi connectivity index (χ3n) is 3.25. The summed E-state index contributed by atoms with van der Waals surface area (Å²) in [5.74, 6) is 1.85. The number of carbonyl (C=O) groups excluding carboxylic acids is 1. The molecule has 0 radical (unpaired) electrons. The van der Waals surface area contributed by atoms with E-state index in [0.717, 1.165) is 4.90 Å². The fourth-order valence-electron chi connectivity index (χ4n) is 2.15. The molecule has 4 nitrogen and oxygen atoms in total. The van der Waals surface area contributed by atoms with Crippen LogP contribution in [0.3, 0.4) is 0 Å². The van der Waals surface area contributed by atoms with Crippen LogP contribution in [0.5, 0.6) is 11.5 Å². The summed E-state index contributed by atoms with van der Waals surface area (Å²) >= 11 is 7.83. The Kier molecular flexibility index (Phi) is 5.31. The molecule has 0 aliphatic carbocycles. The van der Waals surface area contributed by atoms with E-state index in [1.165, 1.54) is 0 Å². The summed E-state index contributed by atoms with van der Waals surface area (Å²) in [4.78, 5) is 13.2. The lowest BCUT2D eigenvalue weighted by atomic mass is 10.2.